The monoisotopic (exact) mass is 631 g/mol. The molecule has 0 aliphatic heterocycles. The molecule has 0 bridgehead atoms. The van der Waals surface area contributed by atoms with Crippen LogP contribution in [0.3, 0.4) is 0 Å². The number of aromatic hydroxyl groups is 1. The van der Waals surface area contributed by atoms with E-state index in [1.165, 1.54) is 0 Å². The second kappa shape index (κ2) is 13.8. The van der Waals surface area contributed by atoms with Crippen LogP contribution in [0, 0.1) is 23.2 Å². The fraction of sp³-hybridized carbons (Fsp3) is 0.771. The van der Waals surface area contributed by atoms with Crippen molar-refractivity contribution < 1.29 is 36.6 Å². The van der Waals surface area contributed by atoms with Crippen LogP contribution in [0.2, 0.25) is 0 Å². The zero-order valence-electron chi connectivity index (χ0n) is 26.3. The van der Waals surface area contributed by atoms with Gasteiger partial charge in [-0.1, -0.05) is 51.7 Å². The Hall–Kier alpha value is -1.90. The molecule has 9 heteroatoms. The van der Waals surface area contributed by atoms with Gasteiger partial charge in [0.05, 0.1) is 5.60 Å². The average Bonchev–Trinajstić information content (AvgIpc) is 3.17. The SMILES string of the molecule is C=CN(CCCCCCCC(F)(F)C(F)(F)F)CCCCC[C@@H]1Cc2cc(O)ccc2[C@@H]2C1[C@@H]1CC[C@](C)(O)[C@@]1(C)C[C@@H]2F. The largest absolute Gasteiger partial charge is 0.508 e. The van der Waals surface area contributed by atoms with E-state index in [0.717, 1.165) is 75.6 Å². The number of aliphatic hydroxyl groups is 1. The number of alkyl halides is 6. The molecular weight excluding hydrogens is 580 g/mol. The molecule has 0 saturated heterocycles. The minimum Gasteiger partial charge on any atom is -0.508 e. The van der Waals surface area contributed by atoms with Crippen molar-refractivity contribution in [3.05, 3.63) is 42.1 Å². The highest BCUT2D eigenvalue weighted by atomic mass is 19.4. The first-order valence-electron chi connectivity index (χ1n) is 16.6. The summed E-state index contributed by atoms with van der Waals surface area (Å²) in [5.41, 5.74) is 0.770. The van der Waals surface area contributed by atoms with Crippen LogP contribution in [-0.2, 0) is 6.42 Å². The van der Waals surface area contributed by atoms with Gasteiger partial charge in [0.1, 0.15) is 11.9 Å². The first-order valence-corrected chi connectivity index (χ1v) is 16.6. The van der Waals surface area contributed by atoms with E-state index in [1.54, 1.807) is 12.3 Å². The highest BCUT2D eigenvalue weighted by Crippen LogP contribution is 2.66. The summed E-state index contributed by atoms with van der Waals surface area (Å²) in [5, 5.41) is 21.5. The predicted molar refractivity (Wildman–Crippen MR) is 161 cm³/mol. The lowest BCUT2D eigenvalue weighted by Gasteiger charge is -2.56. The molecule has 3 nitrogen and oxygen atoms in total. The van der Waals surface area contributed by atoms with E-state index in [2.05, 4.69) is 18.4 Å². The maximum absolute atomic E-state index is 16.1. The first-order chi connectivity index (χ1) is 20.6. The molecule has 7 atom stereocenters. The summed E-state index contributed by atoms with van der Waals surface area (Å²) >= 11 is 0. The highest BCUT2D eigenvalue weighted by molar-refractivity contribution is 5.41. The number of rotatable bonds is 15. The Bertz CT molecular complexity index is 1110. The standard InChI is InChI=1S/C35H51F6NO2/c1-4-42(19-11-7-5-6-10-17-34(37,38)35(39,40)41)20-12-8-9-13-24-21-25-22-26(43)14-15-27(25)31-29(36)23-32(2)28(30(24)31)16-18-33(32,3)44/h4,14-15,22,24,28-31,43-44H,1,5-13,16-21,23H2,2-3H3/t24-,28+,29+,30?,31+,32+,33+/m1/s1. The minimum atomic E-state index is -5.47. The molecule has 2 N–H and O–H groups in total. The van der Waals surface area contributed by atoms with Crippen molar-refractivity contribution in [1.29, 1.82) is 0 Å². The smallest absolute Gasteiger partial charge is 0.453 e. The number of hydrogen-bond acceptors (Lipinski definition) is 3. The van der Waals surface area contributed by atoms with Crippen molar-refractivity contribution in [1.82, 2.24) is 4.90 Å². The van der Waals surface area contributed by atoms with Crippen LogP contribution < -0.4 is 0 Å². The van der Waals surface area contributed by atoms with Gasteiger partial charge in [-0.05, 0) is 106 Å². The van der Waals surface area contributed by atoms with Crippen molar-refractivity contribution in [3.63, 3.8) is 0 Å². The minimum absolute atomic E-state index is 0.141. The molecule has 250 valence electrons. The molecule has 0 amide bonds. The van der Waals surface area contributed by atoms with Gasteiger partial charge >= 0.3 is 12.1 Å². The number of fused-ring (bicyclic) bond motifs is 5. The number of unbranched alkanes of at least 4 members (excludes halogenated alkanes) is 6. The normalized spacial score (nSPS) is 31.7. The van der Waals surface area contributed by atoms with E-state index < -0.39 is 35.7 Å². The van der Waals surface area contributed by atoms with Crippen molar-refractivity contribution in [3.8, 4) is 5.75 Å². The van der Waals surface area contributed by atoms with Crippen LogP contribution in [0.4, 0.5) is 26.3 Å². The molecular formula is C35H51F6NO2. The average molecular weight is 632 g/mol. The number of hydrogen-bond donors (Lipinski definition) is 2. The summed E-state index contributed by atoms with van der Waals surface area (Å²) in [7, 11) is 0. The molecule has 3 aliphatic carbocycles. The molecule has 4 rings (SSSR count). The molecule has 0 radical (unpaired) electrons. The lowest BCUT2D eigenvalue weighted by atomic mass is 9.50. The van der Waals surface area contributed by atoms with Gasteiger partial charge in [-0.2, -0.15) is 22.0 Å². The van der Waals surface area contributed by atoms with Gasteiger partial charge in [0.25, 0.3) is 0 Å². The third-order valence-corrected chi connectivity index (χ3v) is 11.5. The van der Waals surface area contributed by atoms with Crippen molar-refractivity contribution in [2.24, 2.45) is 23.2 Å². The predicted octanol–water partition coefficient (Wildman–Crippen LogP) is 9.72. The van der Waals surface area contributed by atoms with E-state index in [-0.39, 0.29) is 35.8 Å². The first kappa shape index (κ1) is 35.0. The quantitative estimate of drug-likeness (QED) is 0.150. The van der Waals surface area contributed by atoms with Gasteiger partial charge in [-0.25, -0.2) is 4.39 Å². The fourth-order valence-corrected chi connectivity index (χ4v) is 8.81. The molecule has 1 aromatic rings. The highest BCUT2D eigenvalue weighted by Gasteiger charge is 2.63. The molecule has 0 aromatic heterocycles. The number of benzene rings is 1. The van der Waals surface area contributed by atoms with E-state index in [0.29, 0.717) is 25.7 Å². The van der Waals surface area contributed by atoms with E-state index in [9.17, 15) is 32.2 Å². The van der Waals surface area contributed by atoms with E-state index in [1.807, 2.05) is 19.1 Å². The second-order valence-electron chi connectivity index (χ2n) is 14.3. The summed E-state index contributed by atoms with van der Waals surface area (Å²) in [6, 6.07) is 5.40. The third-order valence-electron chi connectivity index (χ3n) is 11.5. The Morgan fingerprint density at radius 2 is 1.61 bits per heavy atom. The van der Waals surface area contributed by atoms with Gasteiger partial charge in [0.2, 0.25) is 0 Å². The zero-order valence-corrected chi connectivity index (χ0v) is 26.3. The molecule has 2 fully saturated rings. The Labute approximate surface area is 259 Å². The van der Waals surface area contributed by atoms with Crippen LogP contribution in [0.1, 0.15) is 114 Å². The van der Waals surface area contributed by atoms with Crippen molar-refractivity contribution in [2.45, 2.75) is 134 Å². The van der Waals surface area contributed by atoms with Gasteiger partial charge in [0.15, 0.2) is 0 Å². The maximum Gasteiger partial charge on any atom is 0.453 e. The van der Waals surface area contributed by atoms with Crippen molar-refractivity contribution >= 4 is 0 Å². The number of halogens is 6. The van der Waals surface area contributed by atoms with Gasteiger partial charge in [0, 0.05) is 30.8 Å². The number of phenols is 1. The Morgan fingerprint density at radius 1 is 0.977 bits per heavy atom. The van der Waals surface area contributed by atoms with Gasteiger partial charge in [-0.3, -0.25) is 0 Å². The summed E-state index contributed by atoms with van der Waals surface area (Å²) in [6.45, 7) is 9.48. The Morgan fingerprint density at radius 3 is 2.27 bits per heavy atom. The fourth-order valence-electron chi connectivity index (χ4n) is 8.81. The van der Waals surface area contributed by atoms with Crippen molar-refractivity contribution in [2.75, 3.05) is 13.1 Å². The molecule has 0 heterocycles. The third kappa shape index (κ3) is 7.39. The van der Waals surface area contributed by atoms with Gasteiger partial charge in [-0.15, -0.1) is 0 Å². The maximum atomic E-state index is 16.1. The lowest BCUT2D eigenvalue weighted by Crippen LogP contribution is -2.54. The van der Waals surface area contributed by atoms with E-state index in [4.69, 9.17) is 0 Å². The lowest BCUT2D eigenvalue weighted by molar-refractivity contribution is -0.284. The van der Waals surface area contributed by atoms with Gasteiger partial charge < -0.3 is 15.1 Å². The summed E-state index contributed by atoms with van der Waals surface area (Å²) < 4.78 is 78.9. The summed E-state index contributed by atoms with van der Waals surface area (Å²) in [6.07, 6.45) is 3.34. The summed E-state index contributed by atoms with van der Waals surface area (Å²) in [5.74, 6) is -3.87. The summed E-state index contributed by atoms with van der Waals surface area (Å²) in [4.78, 5) is 2.13. The molecule has 3 aliphatic rings. The second-order valence-corrected chi connectivity index (χ2v) is 14.3. The molecule has 2 saturated carbocycles. The molecule has 1 unspecified atom stereocenters. The molecule has 44 heavy (non-hydrogen) atoms. The van der Waals surface area contributed by atoms with Crippen LogP contribution in [0.15, 0.2) is 31.0 Å². The van der Waals surface area contributed by atoms with Crippen LogP contribution >= 0.6 is 0 Å². The number of nitrogens with zero attached hydrogens (tertiary/aromatic N) is 1. The zero-order chi connectivity index (χ0) is 32.3. The van der Waals surface area contributed by atoms with E-state index >= 15 is 4.39 Å². The van der Waals surface area contributed by atoms with Crippen LogP contribution in [-0.4, -0.2) is 52.1 Å². The molecule has 1 aromatic carbocycles. The topological polar surface area (TPSA) is 43.7 Å². The van der Waals surface area contributed by atoms with Crippen LogP contribution in [0.25, 0.3) is 0 Å². The molecule has 0 spiro atoms. The van der Waals surface area contributed by atoms with Crippen LogP contribution in [0.5, 0.6) is 5.75 Å². The Balaban J connectivity index is 1.23. The number of phenolic OH excluding ortho intramolecular Hbond substituents is 1. The Kier molecular flexibility index (Phi) is 11.0.